The van der Waals surface area contributed by atoms with E-state index >= 15 is 0 Å². The summed E-state index contributed by atoms with van der Waals surface area (Å²) < 4.78 is 0. The van der Waals surface area contributed by atoms with E-state index in [1.165, 1.54) is 77.2 Å². The summed E-state index contributed by atoms with van der Waals surface area (Å²) in [7, 11) is 0. The van der Waals surface area contributed by atoms with Crippen molar-refractivity contribution < 1.29 is 0 Å². The third-order valence-corrected chi connectivity index (χ3v) is 10.5. The molecule has 9 rings (SSSR count). The van der Waals surface area contributed by atoms with Gasteiger partial charge in [0.15, 0.2) is 0 Å². The number of benzene rings is 9. The van der Waals surface area contributed by atoms with Crippen molar-refractivity contribution in [2.45, 2.75) is 13.8 Å². The molecule has 252 valence electrons. The van der Waals surface area contributed by atoms with Crippen LogP contribution < -0.4 is 4.90 Å². The Labute approximate surface area is 312 Å². The second-order valence-corrected chi connectivity index (χ2v) is 13.9. The van der Waals surface area contributed by atoms with Crippen LogP contribution in [0.5, 0.6) is 0 Å². The summed E-state index contributed by atoms with van der Waals surface area (Å²) in [6.45, 7) is 4.38. The molecule has 0 saturated carbocycles. The van der Waals surface area contributed by atoms with E-state index in [-0.39, 0.29) is 0 Å². The molecule has 53 heavy (non-hydrogen) atoms. The predicted octanol–water partition coefficient (Wildman–Crippen LogP) is 14.7. The van der Waals surface area contributed by atoms with Gasteiger partial charge in [-0.3, -0.25) is 0 Å². The van der Waals surface area contributed by atoms with Crippen LogP contribution in [0.3, 0.4) is 0 Å². The van der Waals surface area contributed by atoms with Gasteiger partial charge in [0.25, 0.3) is 0 Å². The quantitative estimate of drug-likeness (QED) is 0.162. The number of fused-ring (bicyclic) bond motifs is 2. The van der Waals surface area contributed by atoms with Crippen LogP contribution >= 0.6 is 0 Å². The third-order valence-electron chi connectivity index (χ3n) is 10.5. The van der Waals surface area contributed by atoms with Gasteiger partial charge in [0.2, 0.25) is 0 Å². The third kappa shape index (κ3) is 6.17. The summed E-state index contributed by atoms with van der Waals surface area (Å²) >= 11 is 0. The Bertz CT molecular complexity index is 2720. The molecule has 0 heterocycles. The molecule has 0 atom stereocenters. The summed E-state index contributed by atoms with van der Waals surface area (Å²) in [4.78, 5) is 2.34. The maximum atomic E-state index is 2.34. The zero-order chi connectivity index (χ0) is 35.7. The smallest absolute Gasteiger partial charge is 0.0462 e. The highest BCUT2D eigenvalue weighted by Gasteiger charge is 2.16. The minimum atomic E-state index is 1.11. The second kappa shape index (κ2) is 13.8. The van der Waals surface area contributed by atoms with Gasteiger partial charge in [-0.1, -0.05) is 152 Å². The topological polar surface area (TPSA) is 3.24 Å². The monoisotopic (exact) mass is 677 g/mol. The van der Waals surface area contributed by atoms with Crippen LogP contribution in [0.2, 0.25) is 0 Å². The Balaban J connectivity index is 1.10. The number of hydrogen-bond donors (Lipinski definition) is 0. The Morgan fingerprint density at radius 2 is 0.849 bits per heavy atom. The largest absolute Gasteiger partial charge is 0.311 e. The molecule has 0 fully saturated rings. The maximum absolute atomic E-state index is 2.34. The lowest BCUT2D eigenvalue weighted by Crippen LogP contribution is -2.09. The van der Waals surface area contributed by atoms with Gasteiger partial charge < -0.3 is 4.90 Å². The van der Waals surface area contributed by atoms with E-state index in [0.717, 1.165) is 17.1 Å². The first-order valence-electron chi connectivity index (χ1n) is 18.3. The van der Waals surface area contributed by atoms with Crippen molar-refractivity contribution in [3.63, 3.8) is 0 Å². The van der Waals surface area contributed by atoms with Gasteiger partial charge in [-0.2, -0.15) is 0 Å². The molecule has 0 saturated heterocycles. The summed E-state index contributed by atoms with van der Waals surface area (Å²) in [6, 6.07) is 72.8. The van der Waals surface area contributed by atoms with E-state index in [2.05, 4.69) is 219 Å². The van der Waals surface area contributed by atoms with E-state index < -0.39 is 0 Å². The molecule has 0 aliphatic rings. The zero-order valence-electron chi connectivity index (χ0n) is 30.0. The standard InChI is InChI=1S/C52H39N/c1-36-12-6-10-18-48(36)51-35-43(21-20-37(51)2)39-24-29-46(30-25-39)53(45-16-4-3-5-17-45)47-31-26-41(27-32-47)50-33-28-40-14-9-11-19-49(40)52(50)44-23-22-38-13-7-8-15-42(38)34-44/h3-35H,1-2H3. The van der Waals surface area contributed by atoms with Gasteiger partial charge in [-0.25, -0.2) is 0 Å². The summed E-state index contributed by atoms with van der Waals surface area (Å²) in [6.07, 6.45) is 0. The van der Waals surface area contributed by atoms with Crippen molar-refractivity contribution in [2.24, 2.45) is 0 Å². The van der Waals surface area contributed by atoms with E-state index in [0.29, 0.717) is 0 Å². The van der Waals surface area contributed by atoms with Crippen LogP contribution in [-0.2, 0) is 0 Å². The Morgan fingerprint density at radius 1 is 0.302 bits per heavy atom. The first-order valence-corrected chi connectivity index (χ1v) is 18.3. The van der Waals surface area contributed by atoms with Gasteiger partial charge in [-0.05, 0) is 140 Å². The van der Waals surface area contributed by atoms with E-state index in [4.69, 9.17) is 0 Å². The Morgan fingerprint density at radius 3 is 1.60 bits per heavy atom. The molecule has 0 spiro atoms. The van der Waals surface area contributed by atoms with Crippen molar-refractivity contribution in [2.75, 3.05) is 4.90 Å². The number of aryl methyl sites for hydroxylation is 2. The van der Waals surface area contributed by atoms with E-state index in [1.54, 1.807) is 0 Å². The Kier molecular flexibility index (Phi) is 8.38. The van der Waals surface area contributed by atoms with Gasteiger partial charge in [0.05, 0.1) is 0 Å². The van der Waals surface area contributed by atoms with Crippen LogP contribution in [-0.4, -0.2) is 0 Å². The number of hydrogen-bond acceptors (Lipinski definition) is 1. The minimum absolute atomic E-state index is 1.11. The van der Waals surface area contributed by atoms with Gasteiger partial charge in [-0.15, -0.1) is 0 Å². The normalized spacial score (nSPS) is 11.2. The molecule has 0 radical (unpaired) electrons. The van der Waals surface area contributed by atoms with Crippen molar-refractivity contribution in [3.8, 4) is 44.5 Å². The highest BCUT2D eigenvalue weighted by Crippen LogP contribution is 2.42. The van der Waals surface area contributed by atoms with Gasteiger partial charge in [0, 0.05) is 17.1 Å². The lowest BCUT2D eigenvalue weighted by Gasteiger charge is -2.26. The van der Waals surface area contributed by atoms with E-state index in [1.807, 2.05) is 0 Å². The highest BCUT2D eigenvalue weighted by atomic mass is 15.1. The fraction of sp³-hybridized carbons (Fsp3) is 0.0385. The number of rotatable bonds is 7. The molecule has 0 aliphatic heterocycles. The summed E-state index contributed by atoms with van der Waals surface area (Å²) in [5.41, 5.74) is 15.8. The number of para-hydroxylation sites is 1. The lowest BCUT2D eigenvalue weighted by atomic mass is 9.89. The molecule has 0 amide bonds. The molecule has 1 heteroatoms. The fourth-order valence-corrected chi connectivity index (χ4v) is 7.75. The summed E-state index contributed by atoms with van der Waals surface area (Å²) in [5, 5.41) is 5.00. The van der Waals surface area contributed by atoms with E-state index in [9.17, 15) is 0 Å². The van der Waals surface area contributed by atoms with Crippen LogP contribution in [0.4, 0.5) is 17.1 Å². The average molecular weight is 678 g/mol. The van der Waals surface area contributed by atoms with Crippen LogP contribution in [0.1, 0.15) is 11.1 Å². The minimum Gasteiger partial charge on any atom is -0.311 e. The molecule has 1 nitrogen and oxygen atoms in total. The number of nitrogens with zero attached hydrogens (tertiary/aromatic N) is 1. The van der Waals surface area contributed by atoms with Crippen LogP contribution in [0, 0.1) is 13.8 Å². The fourth-order valence-electron chi connectivity index (χ4n) is 7.75. The Hall–Kier alpha value is -6.70. The highest BCUT2D eigenvalue weighted by molar-refractivity contribution is 6.05. The molecule has 0 aromatic heterocycles. The molecular weight excluding hydrogens is 639 g/mol. The molecule has 0 aliphatic carbocycles. The molecular formula is C52H39N. The average Bonchev–Trinajstić information content (AvgIpc) is 3.22. The van der Waals surface area contributed by atoms with Crippen molar-refractivity contribution in [1.29, 1.82) is 0 Å². The first-order chi connectivity index (χ1) is 26.1. The second-order valence-electron chi connectivity index (χ2n) is 13.9. The molecule has 0 N–H and O–H groups in total. The molecule has 9 aromatic rings. The zero-order valence-corrected chi connectivity index (χ0v) is 30.0. The maximum Gasteiger partial charge on any atom is 0.0462 e. The summed E-state index contributed by atoms with van der Waals surface area (Å²) in [5.74, 6) is 0. The van der Waals surface area contributed by atoms with Crippen molar-refractivity contribution in [3.05, 3.63) is 211 Å². The number of anilines is 3. The molecule has 0 unspecified atom stereocenters. The molecule has 0 bridgehead atoms. The van der Waals surface area contributed by atoms with Crippen LogP contribution in [0.25, 0.3) is 66.1 Å². The lowest BCUT2D eigenvalue weighted by molar-refractivity contribution is 1.28. The SMILES string of the molecule is Cc1ccccc1-c1cc(-c2ccc(N(c3ccccc3)c3ccc(-c4ccc5ccccc5c4-c4ccc5ccccc5c4)cc3)cc2)ccc1C. The van der Waals surface area contributed by atoms with Gasteiger partial charge in [0.1, 0.15) is 0 Å². The van der Waals surface area contributed by atoms with Gasteiger partial charge >= 0.3 is 0 Å². The van der Waals surface area contributed by atoms with Crippen LogP contribution in [0.15, 0.2) is 200 Å². The molecule has 9 aromatic carbocycles. The first kappa shape index (κ1) is 32.2. The predicted molar refractivity (Wildman–Crippen MR) is 227 cm³/mol. The van der Waals surface area contributed by atoms with Crippen molar-refractivity contribution >= 4 is 38.6 Å². The van der Waals surface area contributed by atoms with Crippen molar-refractivity contribution in [1.82, 2.24) is 0 Å².